The fraction of sp³-hybridized carbons (Fsp3) is 0.100. The highest BCUT2D eigenvalue weighted by Gasteiger charge is 2.06. The average Bonchev–Trinajstić information content (AvgIpc) is 2.64. The van der Waals surface area contributed by atoms with E-state index >= 15 is 0 Å². The zero-order chi connectivity index (χ0) is 16.8. The van der Waals surface area contributed by atoms with Gasteiger partial charge in [-0.15, -0.1) is 0 Å². The minimum Gasteiger partial charge on any atom is -0.497 e. The summed E-state index contributed by atoms with van der Waals surface area (Å²) in [5.74, 6) is 1.23. The van der Waals surface area contributed by atoms with Gasteiger partial charge in [-0.05, 0) is 35.4 Å². The average molecular weight is 318 g/mol. The van der Waals surface area contributed by atoms with Crippen LogP contribution in [-0.2, 0) is 11.2 Å². The van der Waals surface area contributed by atoms with Crippen molar-refractivity contribution in [2.24, 2.45) is 0 Å². The van der Waals surface area contributed by atoms with E-state index in [-0.39, 0.29) is 5.91 Å². The summed E-state index contributed by atoms with van der Waals surface area (Å²) >= 11 is 0. The summed E-state index contributed by atoms with van der Waals surface area (Å²) in [7, 11) is 1.62. The van der Waals surface area contributed by atoms with E-state index in [4.69, 9.17) is 4.74 Å². The third-order valence-corrected chi connectivity index (χ3v) is 3.66. The number of anilines is 1. The number of benzene rings is 2. The molecule has 0 unspecified atom stereocenters. The van der Waals surface area contributed by atoms with Crippen molar-refractivity contribution in [3.63, 3.8) is 0 Å². The molecular formula is C20H18N2O2. The van der Waals surface area contributed by atoms with Crippen LogP contribution in [0.25, 0.3) is 11.1 Å². The second kappa shape index (κ2) is 7.42. The van der Waals surface area contributed by atoms with E-state index < -0.39 is 0 Å². The van der Waals surface area contributed by atoms with Gasteiger partial charge in [-0.25, -0.2) is 4.98 Å². The SMILES string of the molecule is COc1ccc(CC(=O)Nc2ccc(-c3ccccc3)cn2)cc1. The molecule has 0 saturated carbocycles. The molecule has 4 heteroatoms. The van der Waals surface area contributed by atoms with Crippen molar-refractivity contribution in [3.8, 4) is 16.9 Å². The van der Waals surface area contributed by atoms with Crippen molar-refractivity contribution < 1.29 is 9.53 Å². The molecule has 2 aromatic carbocycles. The number of hydrogen-bond donors (Lipinski definition) is 1. The molecule has 3 rings (SSSR count). The number of rotatable bonds is 5. The molecule has 0 radical (unpaired) electrons. The first-order valence-electron chi connectivity index (χ1n) is 7.69. The second-order valence-electron chi connectivity index (χ2n) is 5.37. The Labute approximate surface area is 141 Å². The number of amides is 1. The lowest BCUT2D eigenvalue weighted by molar-refractivity contribution is -0.115. The summed E-state index contributed by atoms with van der Waals surface area (Å²) in [6, 6.07) is 21.2. The van der Waals surface area contributed by atoms with Gasteiger partial charge in [0.1, 0.15) is 11.6 Å². The van der Waals surface area contributed by atoms with Crippen LogP contribution in [0.2, 0.25) is 0 Å². The van der Waals surface area contributed by atoms with Crippen LogP contribution in [0.5, 0.6) is 5.75 Å². The predicted octanol–water partition coefficient (Wildman–Crippen LogP) is 3.94. The van der Waals surface area contributed by atoms with Gasteiger partial charge in [0.15, 0.2) is 0 Å². The summed E-state index contributed by atoms with van der Waals surface area (Å²) in [6.45, 7) is 0. The molecule has 24 heavy (non-hydrogen) atoms. The maximum absolute atomic E-state index is 12.1. The minimum atomic E-state index is -0.0971. The lowest BCUT2D eigenvalue weighted by Gasteiger charge is -2.07. The molecule has 0 aliphatic rings. The van der Waals surface area contributed by atoms with Gasteiger partial charge in [0.05, 0.1) is 13.5 Å². The normalized spacial score (nSPS) is 10.2. The molecular weight excluding hydrogens is 300 g/mol. The molecule has 0 atom stereocenters. The lowest BCUT2D eigenvalue weighted by atomic mass is 10.1. The van der Waals surface area contributed by atoms with Crippen LogP contribution in [0.15, 0.2) is 72.9 Å². The summed E-state index contributed by atoms with van der Waals surface area (Å²) in [4.78, 5) is 16.4. The molecule has 0 spiro atoms. The fourth-order valence-corrected chi connectivity index (χ4v) is 2.38. The number of aromatic nitrogens is 1. The molecule has 120 valence electrons. The first kappa shape index (κ1) is 15.7. The third-order valence-electron chi connectivity index (χ3n) is 3.66. The molecule has 0 aliphatic heterocycles. The zero-order valence-corrected chi connectivity index (χ0v) is 13.4. The fourth-order valence-electron chi connectivity index (χ4n) is 2.38. The number of nitrogens with one attached hydrogen (secondary N) is 1. The Morgan fingerprint density at radius 2 is 1.71 bits per heavy atom. The molecule has 0 fully saturated rings. The van der Waals surface area contributed by atoms with Crippen molar-refractivity contribution in [1.29, 1.82) is 0 Å². The first-order chi connectivity index (χ1) is 11.7. The summed E-state index contributed by atoms with van der Waals surface area (Å²) < 4.78 is 5.11. The summed E-state index contributed by atoms with van der Waals surface area (Å²) in [5.41, 5.74) is 3.04. The maximum atomic E-state index is 12.1. The quantitative estimate of drug-likeness (QED) is 0.775. The van der Waals surface area contributed by atoms with Crippen molar-refractivity contribution >= 4 is 11.7 Å². The number of carbonyl (C=O) groups excluding carboxylic acids is 1. The Morgan fingerprint density at radius 1 is 0.958 bits per heavy atom. The molecule has 0 bridgehead atoms. The molecule has 1 aromatic heterocycles. The molecule has 4 nitrogen and oxygen atoms in total. The van der Waals surface area contributed by atoms with Gasteiger partial charge in [-0.3, -0.25) is 4.79 Å². The van der Waals surface area contributed by atoms with Crippen LogP contribution >= 0.6 is 0 Å². The van der Waals surface area contributed by atoms with Gasteiger partial charge >= 0.3 is 0 Å². The number of nitrogens with zero attached hydrogens (tertiary/aromatic N) is 1. The van der Waals surface area contributed by atoms with Crippen LogP contribution in [0, 0.1) is 0 Å². The van der Waals surface area contributed by atoms with Gasteiger partial charge in [-0.1, -0.05) is 42.5 Å². The number of carbonyl (C=O) groups is 1. The summed E-state index contributed by atoms with van der Waals surface area (Å²) in [5, 5.41) is 2.82. The molecule has 1 amide bonds. The highest BCUT2D eigenvalue weighted by atomic mass is 16.5. The van der Waals surface area contributed by atoms with Gasteiger partial charge < -0.3 is 10.1 Å². The van der Waals surface area contributed by atoms with E-state index in [0.29, 0.717) is 12.2 Å². The van der Waals surface area contributed by atoms with E-state index in [2.05, 4.69) is 10.3 Å². The lowest BCUT2D eigenvalue weighted by Crippen LogP contribution is -2.15. The van der Waals surface area contributed by atoms with Crippen LogP contribution in [0.1, 0.15) is 5.56 Å². The highest BCUT2D eigenvalue weighted by molar-refractivity contribution is 5.91. The summed E-state index contributed by atoms with van der Waals surface area (Å²) in [6.07, 6.45) is 2.06. The standard InChI is InChI=1S/C20H18N2O2/c1-24-18-10-7-15(8-11-18)13-20(23)22-19-12-9-17(14-21-19)16-5-3-2-4-6-16/h2-12,14H,13H2,1H3,(H,21,22,23). The largest absolute Gasteiger partial charge is 0.497 e. The molecule has 0 aliphatic carbocycles. The van der Waals surface area contributed by atoms with Crippen molar-refractivity contribution in [1.82, 2.24) is 4.98 Å². The van der Waals surface area contributed by atoms with Crippen LogP contribution < -0.4 is 10.1 Å². The number of ether oxygens (including phenoxy) is 1. The van der Waals surface area contributed by atoms with Crippen LogP contribution in [0.4, 0.5) is 5.82 Å². The van der Waals surface area contributed by atoms with Crippen molar-refractivity contribution in [2.75, 3.05) is 12.4 Å². The molecule has 3 aromatic rings. The topological polar surface area (TPSA) is 51.2 Å². The Morgan fingerprint density at radius 3 is 2.33 bits per heavy atom. The Bertz CT molecular complexity index is 797. The van der Waals surface area contributed by atoms with Crippen LogP contribution in [-0.4, -0.2) is 18.0 Å². The van der Waals surface area contributed by atoms with E-state index in [1.165, 1.54) is 0 Å². The number of hydrogen-bond acceptors (Lipinski definition) is 3. The number of pyridine rings is 1. The zero-order valence-electron chi connectivity index (χ0n) is 13.4. The van der Waals surface area contributed by atoms with E-state index in [1.54, 1.807) is 13.3 Å². The van der Waals surface area contributed by atoms with Gasteiger partial charge in [0.25, 0.3) is 0 Å². The second-order valence-corrected chi connectivity index (χ2v) is 5.37. The van der Waals surface area contributed by atoms with Crippen molar-refractivity contribution in [3.05, 3.63) is 78.5 Å². The van der Waals surface area contributed by atoms with Gasteiger partial charge in [0.2, 0.25) is 5.91 Å². The van der Waals surface area contributed by atoms with Gasteiger partial charge in [-0.2, -0.15) is 0 Å². The molecule has 1 N–H and O–H groups in total. The van der Waals surface area contributed by atoms with Crippen LogP contribution in [0.3, 0.4) is 0 Å². The number of methoxy groups -OCH3 is 1. The monoisotopic (exact) mass is 318 g/mol. The Hall–Kier alpha value is -3.14. The van der Waals surface area contributed by atoms with Crippen molar-refractivity contribution in [2.45, 2.75) is 6.42 Å². The maximum Gasteiger partial charge on any atom is 0.229 e. The van der Waals surface area contributed by atoms with E-state index in [0.717, 1.165) is 22.4 Å². The van der Waals surface area contributed by atoms with E-state index in [9.17, 15) is 4.79 Å². The molecule has 0 saturated heterocycles. The predicted molar refractivity (Wildman–Crippen MR) is 95.0 cm³/mol. The third kappa shape index (κ3) is 3.98. The molecule has 1 heterocycles. The highest BCUT2D eigenvalue weighted by Crippen LogP contribution is 2.19. The van der Waals surface area contributed by atoms with E-state index in [1.807, 2.05) is 66.7 Å². The van der Waals surface area contributed by atoms with Gasteiger partial charge in [0, 0.05) is 11.8 Å². The smallest absolute Gasteiger partial charge is 0.229 e. The minimum absolute atomic E-state index is 0.0971. The Kier molecular flexibility index (Phi) is 4.87. The first-order valence-corrected chi connectivity index (χ1v) is 7.69. The Balaban J connectivity index is 1.62.